The van der Waals surface area contributed by atoms with Gasteiger partial charge in [-0.05, 0) is 54.4 Å². The number of H-pyrrole nitrogens is 1. The van der Waals surface area contributed by atoms with E-state index in [1.54, 1.807) is 19.1 Å². The maximum atomic E-state index is 14.4. The number of carboxylic acid groups (broad SMARTS) is 1. The smallest absolute Gasteiger partial charge is 0.305 e. The molecule has 7 atom stereocenters. The second-order valence-electron chi connectivity index (χ2n) is 15.4. The van der Waals surface area contributed by atoms with Gasteiger partial charge in [-0.15, -0.1) is 0 Å². The van der Waals surface area contributed by atoms with Gasteiger partial charge in [0.25, 0.3) is 0 Å². The third-order valence-corrected chi connectivity index (χ3v) is 10.7. The number of hydrogen-bond donors (Lipinski definition) is 8. The number of carbonyl (C=O) groups is 6. The zero-order valence-corrected chi connectivity index (χ0v) is 33.6. The average molecular weight is 803 g/mol. The van der Waals surface area contributed by atoms with Crippen LogP contribution in [0.3, 0.4) is 0 Å². The summed E-state index contributed by atoms with van der Waals surface area (Å²) >= 11 is 0. The molecule has 314 valence electrons. The molecule has 2 heterocycles. The second-order valence-corrected chi connectivity index (χ2v) is 15.4. The van der Waals surface area contributed by atoms with E-state index in [9.17, 15) is 39.0 Å². The zero-order valence-electron chi connectivity index (χ0n) is 33.6. The molecule has 2 aromatic carbocycles. The van der Waals surface area contributed by atoms with Crippen LogP contribution in [0.1, 0.15) is 70.2 Å². The van der Waals surface area contributed by atoms with E-state index in [-0.39, 0.29) is 50.4 Å². The Balaban J connectivity index is 1.56. The molecular weight excluding hydrogens is 745 g/mol. The van der Waals surface area contributed by atoms with Crippen molar-refractivity contribution in [1.82, 2.24) is 36.1 Å². The first kappa shape index (κ1) is 44.9. The summed E-state index contributed by atoms with van der Waals surface area (Å²) in [5, 5.41) is 30.8. The zero-order chi connectivity index (χ0) is 42.4. The van der Waals surface area contributed by atoms with Crippen LogP contribution in [0.2, 0.25) is 0 Å². The standard InChI is InChI=1S/C42H58N8O8/c1-5-26(4)37(49-39(55)33(19-28-13-15-31(51)16-14-28)47-38(54)32(22-43)25(2)3)41(57)48-34(20-30-23-44-24-45-30)42(58)50-17-9-12-35(50)40(56)46-29(21-36(52)53)18-27-10-7-6-8-11-27/h6-8,10-11,13-16,23-26,29,32-35,37,51H,5,9,12,17-22,43H2,1-4H3,(H,44,45)(H,46,56)(H,47,54)(H,48,57)(H,49,55)(H,52,53)/t26-,29?,32?,33-,34-,35?,37?/m0/s1. The highest BCUT2D eigenvalue weighted by Crippen LogP contribution is 2.21. The first-order chi connectivity index (χ1) is 27.7. The molecule has 0 spiro atoms. The molecule has 1 saturated heterocycles. The number of likely N-dealkylation sites (tertiary alicyclic amines) is 1. The number of hydrogen-bond acceptors (Lipinski definition) is 9. The molecule has 0 saturated carbocycles. The van der Waals surface area contributed by atoms with Gasteiger partial charge in [-0.3, -0.25) is 28.8 Å². The maximum Gasteiger partial charge on any atom is 0.305 e. The number of benzene rings is 2. The monoisotopic (exact) mass is 802 g/mol. The fraction of sp³-hybridized carbons (Fsp3) is 0.500. The molecule has 3 aromatic rings. The molecule has 4 unspecified atom stereocenters. The fourth-order valence-corrected chi connectivity index (χ4v) is 7.16. The van der Waals surface area contributed by atoms with Gasteiger partial charge in [-0.1, -0.05) is 76.6 Å². The summed E-state index contributed by atoms with van der Waals surface area (Å²) in [6, 6.07) is 10.4. The first-order valence-corrected chi connectivity index (χ1v) is 19.9. The molecule has 5 amide bonds. The molecule has 16 heteroatoms. The molecule has 1 aliphatic heterocycles. The Hall–Kier alpha value is -5.77. The van der Waals surface area contributed by atoms with Crippen LogP contribution in [-0.2, 0) is 48.0 Å². The molecule has 0 aliphatic carbocycles. The predicted molar refractivity (Wildman–Crippen MR) is 216 cm³/mol. The van der Waals surface area contributed by atoms with Gasteiger partial charge in [0, 0.05) is 43.9 Å². The molecule has 4 rings (SSSR count). The first-order valence-electron chi connectivity index (χ1n) is 19.9. The minimum absolute atomic E-state index is 0.00143. The molecule has 1 fully saturated rings. The number of amides is 5. The van der Waals surface area contributed by atoms with E-state index in [2.05, 4.69) is 31.2 Å². The van der Waals surface area contributed by atoms with Crippen molar-refractivity contribution in [1.29, 1.82) is 0 Å². The van der Waals surface area contributed by atoms with Crippen LogP contribution in [0, 0.1) is 17.8 Å². The van der Waals surface area contributed by atoms with Crippen molar-refractivity contribution < 1.29 is 39.0 Å². The number of imidazole rings is 1. The lowest BCUT2D eigenvalue weighted by molar-refractivity contribution is -0.142. The summed E-state index contributed by atoms with van der Waals surface area (Å²) in [6.45, 7) is 7.66. The maximum absolute atomic E-state index is 14.4. The molecule has 0 radical (unpaired) electrons. The second kappa shape index (κ2) is 21.7. The number of phenolic OH excluding ortho intramolecular Hbond substituents is 1. The normalized spacial score (nSPS) is 17.0. The molecule has 1 aliphatic rings. The number of aromatic hydroxyl groups is 1. The van der Waals surface area contributed by atoms with E-state index in [0.29, 0.717) is 30.5 Å². The number of aromatic nitrogens is 2. The fourth-order valence-electron chi connectivity index (χ4n) is 7.16. The van der Waals surface area contributed by atoms with Crippen molar-refractivity contribution in [3.8, 4) is 5.75 Å². The van der Waals surface area contributed by atoms with Crippen LogP contribution < -0.4 is 27.0 Å². The van der Waals surface area contributed by atoms with Crippen molar-refractivity contribution in [2.24, 2.45) is 23.5 Å². The number of aliphatic carboxylic acids is 1. The number of aromatic amines is 1. The van der Waals surface area contributed by atoms with Gasteiger partial charge < -0.3 is 47.1 Å². The lowest BCUT2D eigenvalue weighted by atomic mass is 9.93. The third kappa shape index (κ3) is 12.9. The highest BCUT2D eigenvalue weighted by molar-refractivity contribution is 5.96. The van der Waals surface area contributed by atoms with Gasteiger partial charge in [-0.2, -0.15) is 0 Å². The largest absolute Gasteiger partial charge is 0.508 e. The highest BCUT2D eigenvalue weighted by atomic mass is 16.4. The number of carboxylic acids is 1. The lowest BCUT2D eigenvalue weighted by Crippen LogP contribution is -2.60. The Kier molecular flexibility index (Phi) is 16.8. The Morgan fingerprint density at radius 3 is 2.14 bits per heavy atom. The summed E-state index contributed by atoms with van der Waals surface area (Å²) in [7, 11) is 0. The van der Waals surface area contributed by atoms with E-state index in [0.717, 1.165) is 5.56 Å². The average Bonchev–Trinajstić information content (AvgIpc) is 3.90. The van der Waals surface area contributed by atoms with Gasteiger partial charge in [-0.25, -0.2) is 4.98 Å². The number of nitrogens with two attached hydrogens (primary N) is 1. The summed E-state index contributed by atoms with van der Waals surface area (Å²) in [5.41, 5.74) is 7.96. The summed E-state index contributed by atoms with van der Waals surface area (Å²) in [4.78, 5) is 90.0. The Morgan fingerprint density at radius 2 is 1.53 bits per heavy atom. The molecule has 9 N–H and O–H groups in total. The number of phenols is 1. The van der Waals surface area contributed by atoms with Gasteiger partial charge in [0.1, 0.15) is 29.9 Å². The van der Waals surface area contributed by atoms with Crippen molar-refractivity contribution >= 4 is 35.5 Å². The quantitative estimate of drug-likeness (QED) is 0.0776. The third-order valence-electron chi connectivity index (χ3n) is 10.7. The van der Waals surface area contributed by atoms with E-state index in [4.69, 9.17) is 5.73 Å². The lowest BCUT2D eigenvalue weighted by Gasteiger charge is -2.32. The Bertz CT molecular complexity index is 1820. The van der Waals surface area contributed by atoms with Crippen LogP contribution in [0.5, 0.6) is 5.75 Å². The summed E-state index contributed by atoms with van der Waals surface area (Å²) in [5.74, 6) is -4.80. The van der Waals surface area contributed by atoms with Gasteiger partial charge >= 0.3 is 5.97 Å². The van der Waals surface area contributed by atoms with Gasteiger partial charge in [0.2, 0.25) is 29.5 Å². The van der Waals surface area contributed by atoms with E-state index >= 15 is 0 Å². The summed E-state index contributed by atoms with van der Waals surface area (Å²) in [6.07, 6.45) is 4.33. The topological polar surface area (TPSA) is 249 Å². The Labute approximate surface area is 339 Å². The number of nitrogens with one attached hydrogen (secondary N) is 5. The van der Waals surface area contributed by atoms with Crippen LogP contribution >= 0.6 is 0 Å². The SMILES string of the molecule is CC[C@H](C)C(NC(=O)[C@H](Cc1ccc(O)cc1)NC(=O)C(CN)C(C)C)C(=O)N[C@@H](Cc1cnc[nH]1)C(=O)N1CCCC1C(=O)NC(CC(=O)O)Cc1ccccc1. The molecule has 1 aromatic heterocycles. The van der Waals surface area contributed by atoms with Crippen LogP contribution in [-0.4, -0.2) is 104 Å². The number of rotatable bonds is 21. The minimum atomic E-state index is -1.17. The van der Waals surface area contributed by atoms with Crippen molar-refractivity contribution in [2.45, 2.75) is 103 Å². The number of carbonyl (C=O) groups excluding carboxylic acids is 5. The van der Waals surface area contributed by atoms with Crippen molar-refractivity contribution in [2.75, 3.05) is 13.1 Å². The van der Waals surface area contributed by atoms with Crippen LogP contribution in [0.15, 0.2) is 67.1 Å². The molecule has 58 heavy (non-hydrogen) atoms. The van der Waals surface area contributed by atoms with Crippen molar-refractivity contribution in [3.05, 3.63) is 83.9 Å². The van der Waals surface area contributed by atoms with Gasteiger partial charge in [0.15, 0.2) is 0 Å². The summed E-state index contributed by atoms with van der Waals surface area (Å²) < 4.78 is 0. The van der Waals surface area contributed by atoms with E-state index in [1.807, 2.05) is 51.1 Å². The van der Waals surface area contributed by atoms with Crippen LogP contribution in [0.4, 0.5) is 0 Å². The molecular formula is C42H58N8O8. The van der Waals surface area contributed by atoms with Gasteiger partial charge in [0.05, 0.1) is 18.7 Å². The number of nitrogens with zero attached hydrogens (tertiary/aromatic N) is 2. The van der Waals surface area contributed by atoms with Crippen molar-refractivity contribution in [3.63, 3.8) is 0 Å². The Morgan fingerprint density at radius 1 is 0.862 bits per heavy atom. The minimum Gasteiger partial charge on any atom is -0.508 e. The molecule has 0 bridgehead atoms. The van der Waals surface area contributed by atoms with E-state index < -0.39 is 77.6 Å². The van der Waals surface area contributed by atoms with E-state index in [1.165, 1.54) is 29.6 Å². The predicted octanol–water partition coefficient (Wildman–Crippen LogP) is 1.83. The van der Waals surface area contributed by atoms with Crippen LogP contribution in [0.25, 0.3) is 0 Å². The molecule has 16 nitrogen and oxygen atoms in total. The highest BCUT2D eigenvalue weighted by Gasteiger charge is 2.40.